The van der Waals surface area contributed by atoms with E-state index in [1.807, 2.05) is 43.3 Å². The van der Waals surface area contributed by atoms with E-state index in [1.54, 1.807) is 7.11 Å². The van der Waals surface area contributed by atoms with Crippen molar-refractivity contribution in [3.8, 4) is 5.75 Å². The molecule has 3 heterocycles. The summed E-state index contributed by atoms with van der Waals surface area (Å²) in [5, 5.41) is 7.94. The first-order valence-corrected chi connectivity index (χ1v) is 11.1. The second-order valence-electron chi connectivity index (χ2n) is 8.18. The summed E-state index contributed by atoms with van der Waals surface area (Å²) in [7, 11) is 5.53. The lowest BCUT2D eigenvalue weighted by atomic mass is 10.0. The minimum atomic E-state index is 0.00426. The third-order valence-corrected chi connectivity index (χ3v) is 6.21. The fraction of sp³-hybridized carbons (Fsp3) is 0.565. The van der Waals surface area contributed by atoms with Gasteiger partial charge in [-0.3, -0.25) is 14.6 Å². The Balaban J connectivity index is 1.46. The van der Waals surface area contributed by atoms with E-state index in [-0.39, 0.29) is 12.1 Å². The third kappa shape index (κ3) is 5.02. The number of benzene rings is 1. The number of aromatic nitrogens is 2. The maximum atomic E-state index is 6.01. The van der Waals surface area contributed by atoms with Gasteiger partial charge < -0.3 is 19.7 Å². The fourth-order valence-corrected chi connectivity index (χ4v) is 4.60. The second kappa shape index (κ2) is 10.2. The number of nitrogens with one attached hydrogen (secondary N) is 1. The zero-order chi connectivity index (χ0) is 21.6. The summed E-state index contributed by atoms with van der Waals surface area (Å²) in [4.78, 5) is 9.42. The molecule has 2 fully saturated rings. The zero-order valence-corrected chi connectivity index (χ0v) is 18.8. The van der Waals surface area contributed by atoms with Crippen LogP contribution in [0.2, 0.25) is 0 Å². The molecular weight excluding hydrogens is 392 g/mol. The highest BCUT2D eigenvalue weighted by molar-refractivity contribution is 5.80. The molecule has 0 radical (unpaired) electrons. The van der Waals surface area contributed by atoms with Gasteiger partial charge in [0.1, 0.15) is 11.9 Å². The molecule has 2 saturated heterocycles. The second-order valence-corrected chi connectivity index (χ2v) is 8.18. The lowest BCUT2D eigenvalue weighted by molar-refractivity contribution is -0.00812. The summed E-state index contributed by atoms with van der Waals surface area (Å²) < 4.78 is 13.5. The standard InChI is InChI=1S/C23H34N6O2/c1-24-23(29-12-13-31-22(17-29)18-14-26-27(2)16-18)25-15-20(28-10-6-7-11-28)19-8-4-5-9-21(19)30-3/h4-5,8-9,14,16,20,22H,6-7,10-13,15,17H2,1-3H3,(H,24,25). The summed E-state index contributed by atoms with van der Waals surface area (Å²) in [6, 6.07) is 8.59. The van der Waals surface area contributed by atoms with E-state index in [1.165, 1.54) is 18.4 Å². The molecule has 8 heteroatoms. The molecule has 2 aromatic rings. The van der Waals surface area contributed by atoms with Crippen LogP contribution in [-0.4, -0.2) is 79.0 Å². The van der Waals surface area contributed by atoms with E-state index in [2.05, 4.69) is 37.3 Å². The lowest BCUT2D eigenvalue weighted by Crippen LogP contribution is -2.49. The topological polar surface area (TPSA) is 67.2 Å². The molecule has 2 aliphatic heterocycles. The van der Waals surface area contributed by atoms with Crippen molar-refractivity contribution in [2.45, 2.75) is 25.0 Å². The van der Waals surface area contributed by atoms with E-state index in [0.717, 1.165) is 50.0 Å². The lowest BCUT2D eigenvalue weighted by Gasteiger charge is -2.36. The molecule has 2 aliphatic rings. The van der Waals surface area contributed by atoms with Crippen molar-refractivity contribution in [2.75, 3.05) is 53.5 Å². The first kappa shape index (κ1) is 21.6. The highest BCUT2D eigenvalue weighted by Gasteiger charge is 2.28. The van der Waals surface area contributed by atoms with Crippen LogP contribution in [0.25, 0.3) is 0 Å². The Morgan fingerprint density at radius 3 is 2.81 bits per heavy atom. The predicted octanol–water partition coefficient (Wildman–Crippen LogP) is 2.21. The number of hydrogen-bond acceptors (Lipinski definition) is 5. The van der Waals surface area contributed by atoms with Gasteiger partial charge >= 0.3 is 0 Å². The average molecular weight is 427 g/mol. The van der Waals surface area contributed by atoms with Gasteiger partial charge in [0.25, 0.3) is 0 Å². The number of methoxy groups -OCH3 is 1. The summed E-state index contributed by atoms with van der Waals surface area (Å²) in [5.41, 5.74) is 2.33. The van der Waals surface area contributed by atoms with Gasteiger partial charge in [-0.2, -0.15) is 5.10 Å². The Bertz CT molecular complexity index is 876. The van der Waals surface area contributed by atoms with Crippen molar-refractivity contribution < 1.29 is 9.47 Å². The van der Waals surface area contributed by atoms with Gasteiger partial charge in [0.2, 0.25) is 0 Å². The number of guanidine groups is 1. The molecule has 1 aromatic carbocycles. The van der Waals surface area contributed by atoms with Gasteiger partial charge in [-0.05, 0) is 32.0 Å². The smallest absolute Gasteiger partial charge is 0.193 e. The van der Waals surface area contributed by atoms with Crippen LogP contribution in [0.3, 0.4) is 0 Å². The van der Waals surface area contributed by atoms with Crippen molar-refractivity contribution in [3.05, 3.63) is 47.8 Å². The molecule has 0 bridgehead atoms. The third-order valence-electron chi connectivity index (χ3n) is 6.21. The Hall–Kier alpha value is -2.58. The molecule has 0 aliphatic carbocycles. The molecule has 1 aromatic heterocycles. The van der Waals surface area contributed by atoms with Crippen LogP contribution in [0.15, 0.2) is 41.7 Å². The molecular formula is C23H34N6O2. The minimum Gasteiger partial charge on any atom is -0.496 e. The molecule has 1 N–H and O–H groups in total. The molecule has 2 unspecified atom stereocenters. The molecule has 2 atom stereocenters. The number of rotatable bonds is 6. The van der Waals surface area contributed by atoms with E-state index in [9.17, 15) is 0 Å². The molecule has 0 spiro atoms. The largest absolute Gasteiger partial charge is 0.496 e. The van der Waals surface area contributed by atoms with Crippen molar-refractivity contribution >= 4 is 5.96 Å². The SMILES string of the molecule is CN=C(NCC(c1ccccc1OC)N1CCCC1)N1CCOC(c2cnn(C)c2)C1. The molecule has 0 saturated carbocycles. The van der Waals surface area contributed by atoms with Crippen LogP contribution in [0.5, 0.6) is 5.75 Å². The van der Waals surface area contributed by atoms with Crippen LogP contribution in [0, 0.1) is 0 Å². The number of nitrogens with zero attached hydrogens (tertiary/aromatic N) is 5. The number of ether oxygens (including phenoxy) is 2. The van der Waals surface area contributed by atoms with Crippen molar-refractivity contribution in [2.24, 2.45) is 12.0 Å². The van der Waals surface area contributed by atoms with Gasteiger partial charge in [-0.15, -0.1) is 0 Å². The summed E-state index contributed by atoms with van der Waals surface area (Å²) in [6.07, 6.45) is 6.41. The number of aliphatic imine (C=N–C) groups is 1. The van der Waals surface area contributed by atoms with Crippen LogP contribution in [-0.2, 0) is 11.8 Å². The summed E-state index contributed by atoms with van der Waals surface area (Å²) >= 11 is 0. The minimum absolute atomic E-state index is 0.00426. The van der Waals surface area contributed by atoms with Gasteiger partial charge in [0, 0.05) is 44.5 Å². The number of morpholine rings is 1. The quantitative estimate of drug-likeness (QED) is 0.564. The maximum absolute atomic E-state index is 6.01. The summed E-state index contributed by atoms with van der Waals surface area (Å²) in [6.45, 7) is 5.26. The first-order valence-electron chi connectivity index (χ1n) is 11.1. The maximum Gasteiger partial charge on any atom is 0.193 e. The Kier molecular flexibility index (Phi) is 7.09. The monoisotopic (exact) mass is 426 g/mol. The molecule has 0 amide bonds. The van der Waals surface area contributed by atoms with Gasteiger partial charge in [0.05, 0.1) is 32.5 Å². The normalized spacial score (nSPS) is 21.3. The number of likely N-dealkylation sites (tertiary alicyclic amines) is 1. The zero-order valence-electron chi connectivity index (χ0n) is 18.8. The number of para-hydroxylation sites is 1. The molecule has 4 rings (SSSR count). The summed E-state index contributed by atoms with van der Waals surface area (Å²) in [5.74, 6) is 1.86. The van der Waals surface area contributed by atoms with Gasteiger partial charge in [-0.1, -0.05) is 18.2 Å². The fourth-order valence-electron chi connectivity index (χ4n) is 4.60. The predicted molar refractivity (Wildman–Crippen MR) is 121 cm³/mol. The molecule has 31 heavy (non-hydrogen) atoms. The number of aryl methyl sites for hydroxylation is 1. The van der Waals surface area contributed by atoms with Crippen LogP contribution >= 0.6 is 0 Å². The van der Waals surface area contributed by atoms with Crippen LogP contribution in [0.1, 0.15) is 36.1 Å². The Labute approximate surface area is 184 Å². The van der Waals surface area contributed by atoms with Crippen LogP contribution in [0.4, 0.5) is 0 Å². The Morgan fingerprint density at radius 1 is 1.29 bits per heavy atom. The van der Waals surface area contributed by atoms with E-state index in [0.29, 0.717) is 6.61 Å². The highest BCUT2D eigenvalue weighted by atomic mass is 16.5. The van der Waals surface area contributed by atoms with Crippen molar-refractivity contribution in [1.29, 1.82) is 0 Å². The van der Waals surface area contributed by atoms with Crippen molar-refractivity contribution in [1.82, 2.24) is 24.9 Å². The van der Waals surface area contributed by atoms with Crippen molar-refractivity contribution in [3.63, 3.8) is 0 Å². The van der Waals surface area contributed by atoms with Crippen LogP contribution < -0.4 is 10.1 Å². The number of hydrogen-bond donors (Lipinski definition) is 1. The first-order chi connectivity index (χ1) is 15.2. The van der Waals surface area contributed by atoms with E-state index >= 15 is 0 Å². The van der Waals surface area contributed by atoms with Gasteiger partial charge in [0.15, 0.2) is 5.96 Å². The van der Waals surface area contributed by atoms with E-state index < -0.39 is 0 Å². The highest BCUT2D eigenvalue weighted by Crippen LogP contribution is 2.31. The molecule has 8 nitrogen and oxygen atoms in total. The van der Waals surface area contributed by atoms with E-state index in [4.69, 9.17) is 9.47 Å². The Morgan fingerprint density at radius 2 is 2.10 bits per heavy atom. The van der Waals surface area contributed by atoms with Gasteiger partial charge in [-0.25, -0.2) is 0 Å². The molecule has 168 valence electrons. The average Bonchev–Trinajstić information content (AvgIpc) is 3.49.